The van der Waals surface area contributed by atoms with Gasteiger partial charge in [-0.1, -0.05) is 25.1 Å². The van der Waals surface area contributed by atoms with E-state index in [1.54, 1.807) is 23.3 Å². The molecule has 2 aromatic rings. The molecule has 0 amide bonds. The number of fused-ring (bicyclic) bond motifs is 3. The maximum atomic E-state index is 13.0. The van der Waals surface area contributed by atoms with Crippen molar-refractivity contribution in [1.82, 2.24) is 4.90 Å². The van der Waals surface area contributed by atoms with E-state index >= 15 is 0 Å². The molecule has 0 aliphatic carbocycles. The van der Waals surface area contributed by atoms with Gasteiger partial charge < -0.3 is 9.80 Å². The third-order valence-electron chi connectivity index (χ3n) is 7.22. The zero-order valence-electron chi connectivity index (χ0n) is 17.1. The standard InChI is InChI=1S/C25H29FN2O/c1-17-11-15-28-23-12-14-27(16-22(23)21-5-2-4-20(17)25(21)28)13-3-6-24(29)18-7-9-19(26)10-8-18/h2,4-5,7-10,17,22-23H,3,6,11-16H2,1H3/t17?,22-,23-/m0/s1. The third kappa shape index (κ3) is 3.38. The minimum Gasteiger partial charge on any atom is -0.367 e. The molecule has 0 aromatic heterocycles. The number of benzene rings is 2. The number of carbonyl (C=O) groups is 1. The van der Waals surface area contributed by atoms with Gasteiger partial charge in [-0.3, -0.25) is 4.79 Å². The first-order chi connectivity index (χ1) is 14.1. The van der Waals surface area contributed by atoms with Gasteiger partial charge in [0, 0.05) is 49.3 Å². The van der Waals surface area contributed by atoms with Crippen molar-refractivity contribution >= 4 is 11.5 Å². The number of Topliss-reactive ketones (excluding diaryl/α,β-unsaturated/α-hetero) is 1. The summed E-state index contributed by atoms with van der Waals surface area (Å²) >= 11 is 0. The number of para-hydroxylation sites is 1. The van der Waals surface area contributed by atoms with Crippen LogP contribution in [-0.2, 0) is 0 Å². The summed E-state index contributed by atoms with van der Waals surface area (Å²) in [6.07, 6.45) is 3.86. The Hall–Kier alpha value is -2.20. The van der Waals surface area contributed by atoms with Crippen LogP contribution in [0.15, 0.2) is 42.5 Å². The van der Waals surface area contributed by atoms with E-state index in [9.17, 15) is 9.18 Å². The molecule has 0 N–H and O–H groups in total. The van der Waals surface area contributed by atoms with E-state index in [4.69, 9.17) is 0 Å². The van der Waals surface area contributed by atoms with Crippen LogP contribution in [0.3, 0.4) is 0 Å². The average molecular weight is 393 g/mol. The van der Waals surface area contributed by atoms with Crippen LogP contribution < -0.4 is 4.90 Å². The number of carbonyl (C=O) groups excluding carboxylic acids is 1. The van der Waals surface area contributed by atoms with Gasteiger partial charge in [-0.2, -0.15) is 0 Å². The lowest BCUT2D eigenvalue weighted by molar-refractivity contribution is 0.0971. The van der Waals surface area contributed by atoms with E-state index in [1.165, 1.54) is 37.2 Å². The highest BCUT2D eigenvalue weighted by molar-refractivity contribution is 5.95. The van der Waals surface area contributed by atoms with Gasteiger partial charge in [0.15, 0.2) is 5.78 Å². The van der Waals surface area contributed by atoms with Crippen molar-refractivity contribution in [1.29, 1.82) is 0 Å². The zero-order chi connectivity index (χ0) is 20.0. The summed E-state index contributed by atoms with van der Waals surface area (Å²) in [6.45, 7) is 6.72. The van der Waals surface area contributed by atoms with Crippen LogP contribution in [0.2, 0.25) is 0 Å². The number of likely N-dealkylation sites (tertiary alicyclic amines) is 1. The fourth-order valence-electron chi connectivity index (χ4n) is 5.67. The Bertz CT molecular complexity index is 910. The SMILES string of the molecule is CC1CCN2c3c1cccc3[C@@H]1CN(CCCC(=O)c3ccc(F)cc3)CC[C@@H]12. The monoisotopic (exact) mass is 392 g/mol. The molecular weight excluding hydrogens is 363 g/mol. The summed E-state index contributed by atoms with van der Waals surface area (Å²) in [5.74, 6) is 1.07. The predicted octanol–water partition coefficient (Wildman–Crippen LogP) is 4.97. The minimum atomic E-state index is -0.295. The van der Waals surface area contributed by atoms with E-state index in [1.807, 2.05) is 0 Å². The fourth-order valence-corrected chi connectivity index (χ4v) is 5.67. The summed E-state index contributed by atoms with van der Waals surface area (Å²) in [7, 11) is 0. The molecule has 4 heteroatoms. The van der Waals surface area contributed by atoms with Crippen LogP contribution >= 0.6 is 0 Å². The maximum absolute atomic E-state index is 13.0. The second-order valence-electron chi connectivity index (χ2n) is 8.96. The fraction of sp³-hybridized carbons (Fsp3) is 0.480. The highest BCUT2D eigenvalue weighted by atomic mass is 19.1. The van der Waals surface area contributed by atoms with Crippen LogP contribution in [0.1, 0.15) is 65.9 Å². The Balaban J connectivity index is 1.22. The highest BCUT2D eigenvalue weighted by Crippen LogP contribution is 2.50. The van der Waals surface area contributed by atoms with Crippen LogP contribution in [0.5, 0.6) is 0 Å². The topological polar surface area (TPSA) is 23.6 Å². The molecule has 3 nitrogen and oxygen atoms in total. The number of rotatable bonds is 5. The Morgan fingerprint density at radius 2 is 1.86 bits per heavy atom. The maximum Gasteiger partial charge on any atom is 0.162 e. The molecule has 152 valence electrons. The van der Waals surface area contributed by atoms with E-state index < -0.39 is 0 Å². The largest absolute Gasteiger partial charge is 0.367 e. The van der Waals surface area contributed by atoms with Crippen molar-refractivity contribution in [3.05, 3.63) is 65.0 Å². The van der Waals surface area contributed by atoms with E-state index in [2.05, 4.69) is 34.9 Å². The summed E-state index contributed by atoms with van der Waals surface area (Å²) < 4.78 is 13.0. The third-order valence-corrected chi connectivity index (χ3v) is 7.22. The smallest absolute Gasteiger partial charge is 0.162 e. The lowest BCUT2D eigenvalue weighted by atomic mass is 9.87. The summed E-state index contributed by atoms with van der Waals surface area (Å²) in [5, 5.41) is 0. The van der Waals surface area contributed by atoms with E-state index in [-0.39, 0.29) is 11.6 Å². The molecule has 1 saturated heterocycles. The molecule has 2 aromatic carbocycles. The predicted molar refractivity (Wildman–Crippen MR) is 114 cm³/mol. The zero-order valence-corrected chi connectivity index (χ0v) is 17.1. The molecule has 3 aliphatic heterocycles. The quantitative estimate of drug-likeness (QED) is 0.671. The molecule has 1 unspecified atom stereocenters. The first-order valence-corrected chi connectivity index (χ1v) is 11.0. The van der Waals surface area contributed by atoms with Gasteiger partial charge >= 0.3 is 0 Å². The van der Waals surface area contributed by atoms with Gasteiger partial charge in [-0.15, -0.1) is 0 Å². The summed E-state index contributed by atoms with van der Waals surface area (Å²) in [4.78, 5) is 17.6. The number of nitrogens with zero attached hydrogens (tertiary/aromatic N) is 2. The van der Waals surface area contributed by atoms with Crippen LogP contribution in [0.25, 0.3) is 0 Å². The molecular formula is C25H29FN2O. The average Bonchev–Trinajstić information content (AvgIpc) is 3.06. The Labute approximate surface area is 172 Å². The van der Waals surface area contributed by atoms with E-state index in [0.29, 0.717) is 29.9 Å². The minimum absolute atomic E-state index is 0.113. The number of ketones is 1. The van der Waals surface area contributed by atoms with Gasteiger partial charge in [0.05, 0.1) is 0 Å². The van der Waals surface area contributed by atoms with E-state index in [0.717, 1.165) is 26.1 Å². The number of anilines is 1. The molecule has 0 spiro atoms. The van der Waals surface area contributed by atoms with Crippen molar-refractivity contribution in [2.45, 2.75) is 50.5 Å². The molecule has 3 atom stereocenters. The second-order valence-corrected chi connectivity index (χ2v) is 8.96. The Kier molecular flexibility index (Phi) is 4.91. The first-order valence-electron chi connectivity index (χ1n) is 11.0. The lowest BCUT2D eigenvalue weighted by Gasteiger charge is -2.41. The number of hydrogen-bond donors (Lipinski definition) is 0. The van der Waals surface area contributed by atoms with Crippen molar-refractivity contribution in [2.24, 2.45) is 0 Å². The first kappa shape index (κ1) is 18.8. The van der Waals surface area contributed by atoms with Crippen molar-refractivity contribution in [3.63, 3.8) is 0 Å². The van der Waals surface area contributed by atoms with Crippen molar-refractivity contribution in [3.8, 4) is 0 Å². The highest BCUT2D eigenvalue weighted by Gasteiger charge is 2.44. The normalized spacial score (nSPS) is 25.6. The molecule has 0 saturated carbocycles. The van der Waals surface area contributed by atoms with Gasteiger partial charge in [-0.25, -0.2) is 4.39 Å². The van der Waals surface area contributed by atoms with Crippen molar-refractivity contribution in [2.75, 3.05) is 31.1 Å². The summed E-state index contributed by atoms with van der Waals surface area (Å²) in [5.41, 5.74) is 5.24. The molecule has 29 heavy (non-hydrogen) atoms. The Morgan fingerprint density at radius 3 is 2.69 bits per heavy atom. The molecule has 0 bridgehead atoms. The molecule has 3 aliphatic rings. The van der Waals surface area contributed by atoms with Gasteiger partial charge in [0.1, 0.15) is 5.82 Å². The van der Waals surface area contributed by atoms with Crippen LogP contribution in [-0.4, -0.2) is 42.9 Å². The number of piperidine rings is 1. The molecule has 1 fully saturated rings. The molecule has 0 radical (unpaired) electrons. The van der Waals surface area contributed by atoms with Gasteiger partial charge in [0.25, 0.3) is 0 Å². The van der Waals surface area contributed by atoms with Crippen LogP contribution in [0.4, 0.5) is 10.1 Å². The second kappa shape index (κ2) is 7.56. The number of halogens is 1. The number of hydrogen-bond acceptors (Lipinski definition) is 3. The molecule has 3 heterocycles. The van der Waals surface area contributed by atoms with Crippen molar-refractivity contribution < 1.29 is 9.18 Å². The Morgan fingerprint density at radius 1 is 1.07 bits per heavy atom. The lowest BCUT2D eigenvalue weighted by Crippen LogP contribution is -2.47. The summed E-state index contributed by atoms with van der Waals surface area (Å²) in [6, 6.07) is 13.5. The molecule has 5 rings (SSSR count). The van der Waals surface area contributed by atoms with Gasteiger partial charge in [0.2, 0.25) is 0 Å². The van der Waals surface area contributed by atoms with Gasteiger partial charge in [-0.05, 0) is 67.1 Å². The van der Waals surface area contributed by atoms with Crippen LogP contribution in [0, 0.1) is 5.82 Å².